The van der Waals surface area contributed by atoms with Crippen molar-refractivity contribution in [3.05, 3.63) is 0 Å². The summed E-state index contributed by atoms with van der Waals surface area (Å²) >= 11 is 0. The van der Waals surface area contributed by atoms with Crippen LogP contribution in [0.3, 0.4) is 0 Å². The van der Waals surface area contributed by atoms with Crippen molar-refractivity contribution < 1.29 is 23.0 Å². The summed E-state index contributed by atoms with van der Waals surface area (Å²) in [7, 11) is 0.421. The molecule has 0 amide bonds. The van der Waals surface area contributed by atoms with E-state index >= 15 is 0 Å². The van der Waals surface area contributed by atoms with Crippen molar-refractivity contribution in [2.75, 3.05) is 40.4 Å². The topological polar surface area (TPSA) is 55.8 Å². The van der Waals surface area contributed by atoms with E-state index in [9.17, 15) is 9.46 Å². The lowest BCUT2D eigenvalue weighted by atomic mass is 10.1. The second kappa shape index (κ2) is 21.6. The molecule has 0 aliphatic rings. The van der Waals surface area contributed by atoms with Gasteiger partial charge in [0.05, 0.1) is 27.2 Å². The van der Waals surface area contributed by atoms with Crippen LogP contribution in [-0.4, -0.2) is 49.8 Å². The van der Waals surface area contributed by atoms with Crippen LogP contribution in [-0.2, 0) is 13.6 Å². The highest BCUT2D eigenvalue weighted by atomic mass is 31.2. The van der Waals surface area contributed by atoms with Gasteiger partial charge in [0.25, 0.3) is 0 Å². The van der Waals surface area contributed by atoms with Crippen LogP contribution in [0.2, 0.25) is 0 Å². The minimum absolute atomic E-state index is 0.260. The van der Waals surface area contributed by atoms with Crippen LogP contribution in [0.15, 0.2) is 0 Å². The number of hydrogen-bond acceptors (Lipinski definition) is 3. The summed E-state index contributed by atoms with van der Waals surface area (Å²) in [5.74, 6) is 0. The smallest absolute Gasteiger partial charge is 0.327 e. The van der Waals surface area contributed by atoms with Crippen molar-refractivity contribution in [3.8, 4) is 0 Å². The Morgan fingerprint density at radius 2 is 0.938 bits per heavy atom. The molecule has 0 aromatic carbocycles. The highest BCUT2D eigenvalue weighted by molar-refractivity contribution is 7.47. The number of hydrogen-bond donors (Lipinski definition) is 1. The first-order valence-corrected chi connectivity index (χ1v) is 15.3. The quantitative estimate of drug-likeness (QED) is 0.0815. The number of phosphoric acid groups is 1. The fourth-order valence-corrected chi connectivity index (χ4v) is 4.74. The minimum Gasteiger partial charge on any atom is -0.327 e. The second-order valence-corrected chi connectivity index (χ2v) is 11.6. The Morgan fingerprint density at radius 1 is 0.562 bits per heavy atom. The van der Waals surface area contributed by atoms with E-state index in [0.29, 0.717) is 6.61 Å². The van der Waals surface area contributed by atoms with Crippen LogP contribution in [0.4, 0.5) is 0 Å². The Kier molecular flexibility index (Phi) is 21.6. The van der Waals surface area contributed by atoms with E-state index in [1.54, 1.807) is 0 Å². The second-order valence-electron chi connectivity index (χ2n) is 10.2. The first kappa shape index (κ1) is 32.1. The molecule has 5 nitrogen and oxygen atoms in total. The molecule has 0 heterocycles. The number of phosphoric ester groups is 1. The molecule has 32 heavy (non-hydrogen) atoms. The zero-order chi connectivity index (χ0) is 24.0. The Labute approximate surface area is 200 Å². The van der Waals surface area contributed by atoms with Crippen LogP contribution in [0.5, 0.6) is 0 Å². The van der Waals surface area contributed by atoms with Crippen LogP contribution >= 0.6 is 7.82 Å². The van der Waals surface area contributed by atoms with Crippen molar-refractivity contribution in [3.63, 3.8) is 0 Å². The molecule has 0 bridgehead atoms. The van der Waals surface area contributed by atoms with Gasteiger partial charge in [-0.15, -0.1) is 0 Å². The molecule has 0 aliphatic carbocycles. The minimum atomic E-state index is -3.91. The molecule has 0 aromatic heterocycles. The van der Waals surface area contributed by atoms with Gasteiger partial charge in [-0.05, 0) is 19.3 Å². The Morgan fingerprint density at radius 3 is 1.41 bits per heavy atom. The molecular weight excluding hydrogens is 421 g/mol. The number of likely N-dealkylation sites (N-methyl/N-ethyl adjacent to an activating group) is 1. The summed E-state index contributed by atoms with van der Waals surface area (Å²) in [6.45, 7) is 6.86. The molecule has 0 radical (unpaired) electrons. The summed E-state index contributed by atoms with van der Waals surface area (Å²) in [6, 6.07) is 0. The van der Waals surface area contributed by atoms with Gasteiger partial charge < -0.3 is 9.38 Å². The lowest BCUT2D eigenvalue weighted by Crippen LogP contribution is -2.42. The third kappa shape index (κ3) is 23.2. The average Bonchev–Trinajstić information content (AvgIpc) is 2.73. The molecule has 0 rings (SSSR count). The predicted molar refractivity (Wildman–Crippen MR) is 138 cm³/mol. The average molecular weight is 479 g/mol. The maximum Gasteiger partial charge on any atom is 0.472 e. The normalized spacial score (nSPS) is 14.0. The van der Waals surface area contributed by atoms with Gasteiger partial charge in [-0.1, -0.05) is 110 Å². The Hall–Kier alpha value is 0.0700. The van der Waals surface area contributed by atoms with Crippen molar-refractivity contribution >= 4 is 7.82 Å². The molecule has 6 heteroatoms. The molecular formula is C26H57NO4P+. The Balaban J connectivity index is 3.62. The van der Waals surface area contributed by atoms with Gasteiger partial charge in [0, 0.05) is 0 Å². The van der Waals surface area contributed by atoms with Crippen LogP contribution in [0.25, 0.3) is 0 Å². The molecule has 1 atom stereocenters. The van der Waals surface area contributed by atoms with Crippen molar-refractivity contribution in [1.29, 1.82) is 0 Å². The van der Waals surface area contributed by atoms with Gasteiger partial charge in [-0.25, -0.2) is 4.57 Å². The van der Waals surface area contributed by atoms with Gasteiger partial charge >= 0.3 is 7.82 Å². The highest BCUT2D eigenvalue weighted by Crippen LogP contribution is 2.43. The van der Waals surface area contributed by atoms with Gasteiger partial charge in [0.15, 0.2) is 0 Å². The number of unbranched alkanes of at least 4 members (excludes halogenated alkanes) is 16. The third-order valence-electron chi connectivity index (χ3n) is 6.32. The van der Waals surface area contributed by atoms with E-state index < -0.39 is 7.82 Å². The van der Waals surface area contributed by atoms with Crippen molar-refractivity contribution in [2.45, 2.75) is 129 Å². The van der Waals surface area contributed by atoms with E-state index in [0.717, 1.165) is 30.4 Å². The van der Waals surface area contributed by atoms with Crippen molar-refractivity contribution in [1.82, 2.24) is 0 Å². The van der Waals surface area contributed by atoms with E-state index in [2.05, 4.69) is 27.9 Å². The fraction of sp³-hybridized carbons (Fsp3) is 1.00. The molecule has 1 unspecified atom stereocenters. The SMILES string of the molecule is CCCCCCCCCCCC[N+](C)(C)CCOP(=O)(O)OCCCCCCCCCC. The fourth-order valence-electron chi connectivity index (χ4n) is 4.00. The lowest BCUT2D eigenvalue weighted by molar-refractivity contribution is -0.890. The molecule has 194 valence electrons. The highest BCUT2D eigenvalue weighted by Gasteiger charge is 2.23. The standard InChI is InChI=1S/C26H56NO4P/c1-5-7-9-11-13-15-16-17-19-21-23-27(3,4)24-26-31-32(28,29)30-25-22-20-18-14-12-10-8-6-2/h5-26H2,1-4H3/p+1. The molecule has 0 fully saturated rings. The molecule has 1 N–H and O–H groups in total. The third-order valence-corrected chi connectivity index (χ3v) is 7.34. The molecule has 0 saturated heterocycles. The monoisotopic (exact) mass is 478 g/mol. The lowest BCUT2D eigenvalue weighted by Gasteiger charge is -2.29. The van der Waals surface area contributed by atoms with E-state index in [1.165, 1.54) is 103 Å². The summed E-state index contributed by atoms with van der Waals surface area (Å²) in [5, 5.41) is 0. The molecule has 0 aliphatic heterocycles. The van der Waals surface area contributed by atoms with Crippen LogP contribution < -0.4 is 0 Å². The van der Waals surface area contributed by atoms with Crippen LogP contribution in [0, 0.1) is 0 Å². The molecule has 0 aromatic rings. The molecule has 0 spiro atoms. The van der Waals surface area contributed by atoms with Gasteiger partial charge in [0.2, 0.25) is 0 Å². The first-order chi connectivity index (χ1) is 15.3. The summed E-state index contributed by atoms with van der Waals surface area (Å²) in [6.07, 6.45) is 22.9. The van der Waals surface area contributed by atoms with Gasteiger partial charge in [-0.2, -0.15) is 0 Å². The van der Waals surface area contributed by atoms with Gasteiger partial charge in [0.1, 0.15) is 13.2 Å². The zero-order valence-corrected chi connectivity index (χ0v) is 23.0. The maximum atomic E-state index is 12.1. The van der Waals surface area contributed by atoms with Crippen molar-refractivity contribution in [2.24, 2.45) is 0 Å². The first-order valence-electron chi connectivity index (χ1n) is 13.8. The number of quaternary nitrogens is 1. The molecule has 0 saturated carbocycles. The Bertz CT molecular complexity index is 446. The van der Waals surface area contributed by atoms with E-state index in [4.69, 9.17) is 9.05 Å². The number of rotatable bonds is 25. The summed E-state index contributed by atoms with van der Waals surface area (Å²) in [5.41, 5.74) is 0. The van der Waals surface area contributed by atoms with Crippen LogP contribution in [0.1, 0.15) is 129 Å². The van der Waals surface area contributed by atoms with E-state index in [-0.39, 0.29) is 6.61 Å². The number of nitrogens with zero attached hydrogens (tertiary/aromatic N) is 1. The predicted octanol–water partition coefficient (Wildman–Crippen LogP) is 8.26. The largest absolute Gasteiger partial charge is 0.472 e. The summed E-state index contributed by atoms with van der Waals surface area (Å²) < 4.78 is 23.2. The maximum absolute atomic E-state index is 12.1. The van der Waals surface area contributed by atoms with E-state index in [1.807, 2.05) is 0 Å². The van der Waals surface area contributed by atoms with Gasteiger partial charge in [-0.3, -0.25) is 9.05 Å². The zero-order valence-electron chi connectivity index (χ0n) is 22.1. The summed E-state index contributed by atoms with van der Waals surface area (Å²) in [4.78, 5) is 9.88.